The Labute approximate surface area is 165 Å². The minimum atomic E-state index is -0.496. The van der Waals surface area contributed by atoms with E-state index in [1.54, 1.807) is 18.3 Å². The highest BCUT2D eigenvalue weighted by Gasteiger charge is 2.49. The summed E-state index contributed by atoms with van der Waals surface area (Å²) in [6, 6.07) is 15.7. The van der Waals surface area contributed by atoms with E-state index in [0.717, 1.165) is 30.8 Å². The largest absolute Gasteiger partial charge is 0.376 e. The fraction of sp³-hybridized carbons (Fsp3) is 0.409. The van der Waals surface area contributed by atoms with Gasteiger partial charge in [-0.25, -0.2) is 4.98 Å². The molecule has 0 spiro atoms. The number of aromatic nitrogens is 1. The number of nitrogens with zero attached hydrogens (tertiary/aromatic N) is 3. The van der Waals surface area contributed by atoms with Crippen LogP contribution in [0.1, 0.15) is 24.0 Å². The average Bonchev–Trinajstić information content (AvgIpc) is 3.23. The summed E-state index contributed by atoms with van der Waals surface area (Å²) in [5.74, 6) is 0.814. The number of nitriles is 1. The number of rotatable bonds is 6. The molecule has 2 aliphatic heterocycles. The summed E-state index contributed by atoms with van der Waals surface area (Å²) >= 11 is 0. The van der Waals surface area contributed by atoms with Gasteiger partial charge < -0.3 is 15.0 Å². The zero-order valence-corrected chi connectivity index (χ0v) is 15.8. The van der Waals surface area contributed by atoms with Crippen molar-refractivity contribution in [2.75, 3.05) is 31.1 Å². The molecule has 6 nitrogen and oxygen atoms in total. The maximum absolute atomic E-state index is 13.1. The molecule has 144 valence electrons. The van der Waals surface area contributed by atoms with E-state index in [1.807, 2.05) is 18.2 Å². The van der Waals surface area contributed by atoms with Crippen molar-refractivity contribution in [2.45, 2.75) is 25.4 Å². The molecule has 2 fully saturated rings. The van der Waals surface area contributed by atoms with Gasteiger partial charge in [0.15, 0.2) is 0 Å². The molecule has 1 N–H and O–H groups in total. The van der Waals surface area contributed by atoms with Crippen molar-refractivity contribution in [1.82, 2.24) is 10.3 Å². The van der Waals surface area contributed by atoms with E-state index in [-0.39, 0.29) is 12.0 Å². The first kappa shape index (κ1) is 18.5. The fourth-order valence-electron chi connectivity index (χ4n) is 4.03. The van der Waals surface area contributed by atoms with Crippen molar-refractivity contribution >= 4 is 11.7 Å². The van der Waals surface area contributed by atoms with Gasteiger partial charge in [0.1, 0.15) is 5.82 Å². The fourth-order valence-corrected chi connectivity index (χ4v) is 4.03. The number of pyridine rings is 1. The van der Waals surface area contributed by atoms with Crippen LogP contribution in [0.5, 0.6) is 0 Å². The Morgan fingerprint density at radius 2 is 2.14 bits per heavy atom. The first-order valence-electron chi connectivity index (χ1n) is 9.73. The number of hydrogen-bond donors (Lipinski definition) is 1. The lowest BCUT2D eigenvalue weighted by atomic mass is 9.73. The third-order valence-electron chi connectivity index (χ3n) is 5.57. The van der Waals surface area contributed by atoms with Gasteiger partial charge in [-0.2, -0.15) is 5.26 Å². The molecule has 6 heteroatoms. The predicted molar refractivity (Wildman–Crippen MR) is 106 cm³/mol. The smallest absolute Gasteiger partial charge is 0.230 e. The molecule has 0 aliphatic carbocycles. The average molecular weight is 376 g/mol. The Kier molecular flexibility index (Phi) is 5.27. The minimum Gasteiger partial charge on any atom is -0.376 e. The number of anilines is 1. The summed E-state index contributed by atoms with van der Waals surface area (Å²) in [6.07, 6.45) is 4.51. The van der Waals surface area contributed by atoms with E-state index in [1.165, 1.54) is 0 Å². The van der Waals surface area contributed by atoms with Gasteiger partial charge in [-0.15, -0.1) is 0 Å². The molecule has 1 atom stereocenters. The number of carbonyl (C=O) groups excluding carboxylic acids is 1. The lowest BCUT2D eigenvalue weighted by Crippen LogP contribution is -2.65. The Balaban J connectivity index is 1.48. The van der Waals surface area contributed by atoms with E-state index in [2.05, 4.69) is 33.4 Å². The molecule has 1 aromatic heterocycles. The van der Waals surface area contributed by atoms with Crippen molar-refractivity contribution in [3.8, 4) is 6.07 Å². The van der Waals surface area contributed by atoms with Gasteiger partial charge in [0.25, 0.3) is 0 Å². The first-order valence-corrected chi connectivity index (χ1v) is 9.73. The number of hydrogen-bond acceptors (Lipinski definition) is 5. The van der Waals surface area contributed by atoms with Gasteiger partial charge in [-0.3, -0.25) is 4.79 Å². The first-order chi connectivity index (χ1) is 13.7. The Bertz CT molecular complexity index is 866. The molecule has 2 aliphatic rings. The summed E-state index contributed by atoms with van der Waals surface area (Å²) in [5.41, 5.74) is 1.23. The van der Waals surface area contributed by atoms with Crippen LogP contribution in [0.2, 0.25) is 0 Å². The van der Waals surface area contributed by atoms with Crippen LogP contribution >= 0.6 is 0 Å². The standard InChI is InChI=1S/C22H24N4O2/c23-13-18-8-9-24-20(11-18)26-15-22(16-26,12-17-5-2-1-3-6-17)21(27)25-14-19-7-4-10-28-19/h1-3,5-6,8-9,11,19H,4,7,10,12,14-16H2,(H,25,27). The maximum Gasteiger partial charge on any atom is 0.230 e. The van der Waals surface area contributed by atoms with Crippen molar-refractivity contribution < 1.29 is 9.53 Å². The third kappa shape index (κ3) is 3.85. The molecule has 1 aromatic carbocycles. The van der Waals surface area contributed by atoms with Crippen LogP contribution in [0, 0.1) is 16.7 Å². The van der Waals surface area contributed by atoms with E-state index >= 15 is 0 Å². The number of amides is 1. The number of nitrogens with one attached hydrogen (secondary N) is 1. The summed E-state index contributed by atoms with van der Waals surface area (Å²) in [5, 5.41) is 12.2. The third-order valence-corrected chi connectivity index (χ3v) is 5.57. The molecular formula is C22H24N4O2. The molecule has 0 bridgehead atoms. The number of ether oxygens (including phenoxy) is 1. The molecule has 28 heavy (non-hydrogen) atoms. The highest BCUT2D eigenvalue weighted by atomic mass is 16.5. The zero-order chi connectivity index (χ0) is 19.4. The van der Waals surface area contributed by atoms with Crippen molar-refractivity contribution in [3.63, 3.8) is 0 Å². The quantitative estimate of drug-likeness (QED) is 0.837. The minimum absolute atomic E-state index is 0.0690. The topological polar surface area (TPSA) is 78.2 Å². The van der Waals surface area contributed by atoms with E-state index in [4.69, 9.17) is 10.00 Å². The summed E-state index contributed by atoms with van der Waals surface area (Å²) in [7, 11) is 0. The predicted octanol–water partition coefficient (Wildman–Crippen LogP) is 2.30. The van der Waals surface area contributed by atoms with Gasteiger partial charge in [0.2, 0.25) is 5.91 Å². The monoisotopic (exact) mass is 376 g/mol. The van der Waals surface area contributed by atoms with E-state index in [9.17, 15) is 4.79 Å². The lowest BCUT2D eigenvalue weighted by Gasteiger charge is -2.49. The zero-order valence-electron chi connectivity index (χ0n) is 15.8. The second-order valence-electron chi connectivity index (χ2n) is 7.66. The molecule has 2 saturated heterocycles. The van der Waals surface area contributed by atoms with E-state index < -0.39 is 5.41 Å². The molecule has 1 amide bonds. The van der Waals surface area contributed by atoms with Crippen molar-refractivity contribution in [2.24, 2.45) is 5.41 Å². The number of benzene rings is 1. The maximum atomic E-state index is 13.1. The Hall–Kier alpha value is -2.91. The highest BCUT2D eigenvalue weighted by Crippen LogP contribution is 2.37. The van der Waals surface area contributed by atoms with Crippen molar-refractivity contribution in [1.29, 1.82) is 5.26 Å². The summed E-state index contributed by atoms with van der Waals surface area (Å²) < 4.78 is 5.64. The van der Waals surface area contributed by atoms with E-state index in [0.29, 0.717) is 31.6 Å². The lowest BCUT2D eigenvalue weighted by molar-refractivity contribution is -0.133. The summed E-state index contributed by atoms with van der Waals surface area (Å²) in [6.45, 7) is 2.52. The second kappa shape index (κ2) is 7.99. The van der Waals surface area contributed by atoms with Gasteiger partial charge in [0, 0.05) is 32.4 Å². The van der Waals surface area contributed by atoms with Gasteiger partial charge in [-0.05, 0) is 37.0 Å². The van der Waals surface area contributed by atoms with Crippen LogP contribution < -0.4 is 10.2 Å². The van der Waals surface area contributed by atoms with Gasteiger partial charge >= 0.3 is 0 Å². The van der Waals surface area contributed by atoms with Crippen LogP contribution in [-0.2, 0) is 16.0 Å². The molecular weight excluding hydrogens is 352 g/mol. The van der Waals surface area contributed by atoms with Crippen LogP contribution in [0.15, 0.2) is 48.7 Å². The van der Waals surface area contributed by atoms with Crippen LogP contribution in [0.4, 0.5) is 5.82 Å². The number of carbonyl (C=O) groups is 1. The molecule has 4 rings (SSSR count). The second-order valence-corrected chi connectivity index (χ2v) is 7.66. The summed E-state index contributed by atoms with van der Waals surface area (Å²) in [4.78, 5) is 19.6. The van der Waals surface area contributed by atoms with Crippen molar-refractivity contribution in [3.05, 3.63) is 59.8 Å². The highest BCUT2D eigenvalue weighted by molar-refractivity contribution is 5.86. The molecule has 3 heterocycles. The molecule has 1 unspecified atom stereocenters. The van der Waals surface area contributed by atoms with Gasteiger partial charge in [-0.1, -0.05) is 30.3 Å². The SMILES string of the molecule is N#Cc1ccnc(N2CC(Cc3ccccc3)(C(=O)NCC3CCCO3)C2)c1. The van der Waals surface area contributed by atoms with Crippen LogP contribution in [0.3, 0.4) is 0 Å². The Morgan fingerprint density at radius 1 is 1.32 bits per heavy atom. The molecule has 0 saturated carbocycles. The van der Waals surface area contributed by atoms with Crippen LogP contribution in [0.25, 0.3) is 0 Å². The van der Waals surface area contributed by atoms with Crippen LogP contribution in [-0.4, -0.2) is 43.2 Å². The Morgan fingerprint density at radius 3 is 2.86 bits per heavy atom. The molecule has 2 aromatic rings. The molecule has 0 radical (unpaired) electrons. The van der Waals surface area contributed by atoms with Gasteiger partial charge in [0.05, 0.1) is 23.2 Å². The normalized spacial score (nSPS) is 20.2.